The van der Waals surface area contributed by atoms with Gasteiger partial charge in [0.1, 0.15) is 17.2 Å². The van der Waals surface area contributed by atoms with Crippen LogP contribution in [0.1, 0.15) is 68.9 Å². The molecule has 0 saturated carbocycles. The maximum Gasteiger partial charge on any atom is 0.453 e. The Labute approximate surface area is 241 Å². The highest BCUT2D eigenvalue weighted by Crippen LogP contribution is 2.49. The van der Waals surface area contributed by atoms with E-state index in [-0.39, 0.29) is 28.6 Å². The first kappa shape index (κ1) is 33.1. The minimum absolute atomic E-state index is 0.146. The second-order valence-corrected chi connectivity index (χ2v) is 12.9. The number of fused-ring (bicyclic) bond motifs is 1. The molecule has 41 heavy (non-hydrogen) atoms. The molecular formula is C30H40F5NO4S. The standard InChI is InChI=1S/C30H40F5NO4S/c1-28(22-9-11-23(37)12-10-22)21-40-27-20-24(38)13-14-25(27)26(28)8-3-4-16-36(2)17-5-6-18-41(39)19-7-15-29(31,32)30(33,34)35/h9-14,20,26,37-38H,3-8,15-19,21H2,1-2H3/t26-,28-,41?/m1/s1. The Bertz CT molecular complexity index is 1140. The van der Waals surface area contributed by atoms with Gasteiger partial charge in [0.25, 0.3) is 0 Å². The number of phenolic OH excluding ortho intramolecular Hbond substituents is 2. The summed E-state index contributed by atoms with van der Waals surface area (Å²) in [7, 11) is 0.594. The molecule has 1 unspecified atom stereocenters. The number of unbranched alkanes of at least 4 members (excludes halogenated alkanes) is 2. The van der Waals surface area contributed by atoms with E-state index in [1.807, 2.05) is 25.2 Å². The molecule has 0 radical (unpaired) electrons. The fourth-order valence-electron chi connectivity index (χ4n) is 5.39. The summed E-state index contributed by atoms with van der Waals surface area (Å²) in [5.41, 5.74) is 1.80. The van der Waals surface area contributed by atoms with Gasteiger partial charge in [0.05, 0.1) is 6.61 Å². The van der Waals surface area contributed by atoms with Gasteiger partial charge in [0, 0.05) is 46.1 Å². The molecule has 5 nitrogen and oxygen atoms in total. The van der Waals surface area contributed by atoms with Gasteiger partial charge in [-0.05, 0) is 81.6 Å². The van der Waals surface area contributed by atoms with Crippen molar-refractivity contribution in [1.29, 1.82) is 0 Å². The van der Waals surface area contributed by atoms with Crippen LogP contribution in [-0.2, 0) is 16.2 Å². The van der Waals surface area contributed by atoms with Crippen LogP contribution in [0, 0.1) is 0 Å². The van der Waals surface area contributed by atoms with Crippen LogP contribution in [0.15, 0.2) is 42.5 Å². The molecule has 1 aliphatic rings. The van der Waals surface area contributed by atoms with E-state index in [4.69, 9.17) is 4.74 Å². The number of halogens is 5. The second kappa shape index (κ2) is 14.2. The lowest BCUT2D eigenvalue weighted by Gasteiger charge is -2.43. The highest BCUT2D eigenvalue weighted by atomic mass is 32.2. The zero-order chi connectivity index (χ0) is 30.3. The monoisotopic (exact) mass is 605 g/mol. The third-order valence-electron chi connectivity index (χ3n) is 7.92. The summed E-state index contributed by atoms with van der Waals surface area (Å²) in [6, 6.07) is 12.5. The topological polar surface area (TPSA) is 70.0 Å². The molecule has 1 aliphatic heterocycles. The Morgan fingerprint density at radius 3 is 2.20 bits per heavy atom. The number of nitrogens with zero attached hydrogens (tertiary/aromatic N) is 1. The smallest absolute Gasteiger partial charge is 0.453 e. The molecule has 0 aromatic heterocycles. The van der Waals surface area contributed by atoms with Crippen molar-refractivity contribution in [3.05, 3.63) is 53.6 Å². The van der Waals surface area contributed by atoms with Crippen LogP contribution in [0.4, 0.5) is 22.0 Å². The lowest BCUT2D eigenvalue weighted by molar-refractivity contribution is -0.284. The van der Waals surface area contributed by atoms with Crippen molar-refractivity contribution >= 4 is 10.8 Å². The number of rotatable bonds is 15. The lowest BCUT2D eigenvalue weighted by atomic mass is 9.66. The molecule has 0 aliphatic carbocycles. The van der Waals surface area contributed by atoms with Crippen molar-refractivity contribution in [3.63, 3.8) is 0 Å². The molecule has 11 heteroatoms. The zero-order valence-corrected chi connectivity index (χ0v) is 24.4. The normalized spacial score (nSPS) is 20.0. The summed E-state index contributed by atoms with van der Waals surface area (Å²) in [5, 5.41) is 19.7. The van der Waals surface area contributed by atoms with Gasteiger partial charge in [-0.2, -0.15) is 22.0 Å². The maximum absolute atomic E-state index is 13.0. The number of benzene rings is 2. The molecule has 3 rings (SSSR count). The molecule has 2 aromatic rings. The summed E-state index contributed by atoms with van der Waals surface area (Å²) in [6.07, 6.45) is -3.14. The fourth-order valence-corrected chi connectivity index (χ4v) is 6.59. The van der Waals surface area contributed by atoms with Crippen LogP contribution in [0.25, 0.3) is 0 Å². The largest absolute Gasteiger partial charge is 0.508 e. The highest BCUT2D eigenvalue weighted by molar-refractivity contribution is 7.84. The van der Waals surface area contributed by atoms with Gasteiger partial charge in [0.15, 0.2) is 0 Å². The minimum atomic E-state index is -5.56. The Kier molecular flexibility index (Phi) is 11.4. The van der Waals surface area contributed by atoms with E-state index in [2.05, 4.69) is 11.8 Å². The van der Waals surface area contributed by atoms with Gasteiger partial charge < -0.3 is 19.8 Å². The first-order valence-electron chi connectivity index (χ1n) is 14.0. The number of phenols is 2. The van der Waals surface area contributed by atoms with Crippen LogP contribution in [0.3, 0.4) is 0 Å². The molecule has 2 aromatic carbocycles. The quantitative estimate of drug-likeness (QED) is 0.167. The van der Waals surface area contributed by atoms with E-state index >= 15 is 0 Å². The predicted molar refractivity (Wildman–Crippen MR) is 150 cm³/mol. The van der Waals surface area contributed by atoms with E-state index in [1.165, 1.54) is 0 Å². The summed E-state index contributed by atoms with van der Waals surface area (Å²) < 4.78 is 80.7. The molecule has 0 saturated heterocycles. The highest BCUT2D eigenvalue weighted by Gasteiger charge is 2.56. The van der Waals surface area contributed by atoms with E-state index in [0.717, 1.165) is 49.9 Å². The number of ether oxygens (including phenoxy) is 1. The van der Waals surface area contributed by atoms with Crippen LogP contribution in [-0.4, -0.2) is 69.7 Å². The maximum atomic E-state index is 13.0. The molecule has 1 heterocycles. The second-order valence-electron chi connectivity index (χ2n) is 11.2. The number of aromatic hydroxyl groups is 2. The van der Waals surface area contributed by atoms with Crippen molar-refractivity contribution in [2.45, 2.75) is 75.3 Å². The summed E-state index contributed by atoms with van der Waals surface area (Å²) in [6.45, 7) is 4.24. The third-order valence-corrected chi connectivity index (χ3v) is 9.41. The lowest BCUT2D eigenvalue weighted by Crippen LogP contribution is -2.40. The van der Waals surface area contributed by atoms with Crippen LogP contribution in [0.5, 0.6) is 17.2 Å². The number of hydrogen-bond donors (Lipinski definition) is 2. The van der Waals surface area contributed by atoms with Gasteiger partial charge in [0.2, 0.25) is 0 Å². The van der Waals surface area contributed by atoms with Crippen molar-refractivity contribution in [3.8, 4) is 17.2 Å². The Morgan fingerprint density at radius 1 is 0.927 bits per heavy atom. The van der Waals surface area contributed by atoms with E-state index in [9.17, 15) is 36.4 Å². The van der Waals surface area contributed by atoms with E-state index in [1.54, 1.807) is 24.3 Å². The Morgan fingerprint density at radius 2 is 1.54 bits per heavy atom. The van der Waals surface area contributed by atoms with Crippen LogP contribution < -0.4 is 4.74 Å². The SMILES string of the molecule is CN(CCCC[C@@H]1c2ccc(O)cc2OC[C@]1(C)c1ccc(O)cc1)CCCCS(=O)CCCC(F)(F)C(F)(F)F. The molecule has 0 bridgehead atoms. The predicted octanol–water partition coefficient (Wildman–Crippen LogP) is 7.14. The minimum Gasteiger partial charge on any atom is -0.508 e. The summed E-state index contributed by atoms with van der Waals surface area (Å²) in [5.74, 6) is -3.40. The molecule has 0 spiro atoms. The number of hydrogen-bond acceptors (Lipinski definition) is 5. The van der Waals surface area contributed by atoms with Crippen molar-refractivity contribution < 1.29 is 41.1 Å². The molecule has 0 amide bonds. The first-order valence-corrected chi connectivity index (χ1v) is 15.4. The summed E-state index contributed by atoms with van der Waals surface area (Å²) >= 11 is 0. The van der Waals surface area contributed by atoms with E-state index in [0.29, 0.717) is 24.5 Å². The molecule has 3 atom stereocenters. The Balaban J connectivity index is 1.42. The van der Waals surface area contributed by atoms with Gasteiger partial charge in [-0.15, -0.1) is 0 Å². The van der Waals surface area contributed by atoms with Crippen LogP contribution >= 0.6 is 0 Å². The van der Waals surface area contributed by atoms with Gasteiger partial charge in [-0.1, -0.05) is 31.5 Å². The number of alkyl halides is 5. The van der Waals surface area contributed by atoms with Crippen LogP contribution in [0.2, 0.25) is 0 Å². The third kappa shape index (κ3) is 9.04. The zero-order valence-electron chi connectivity index (χ0n) is 23.6. The molecular weight excluding hydrogens is 565 g/mol. The average molecular weight is 606 g/mol. The van der Waals surface area contributed by atoms with E-state index < -0.39 is 35.7 Å². The Hall–Kier alpha value is -2.40. The van der Waals surface area contributed by atoms with Crippen molar-refractivity contribution in [2.75, 3.05) is 38.2 Å². The molecule has 230 valence electrons. The average Bonchev–Trinajstić information content (AvgIpc) is 2.89. The molecule has 2 N–H and O–H groups in total. The van der Waals surface area contributed by atoms with Crippen molar-refractivity contribution in [2.24, 2.45) is 0 Å². The van der Waals surface area contributed by atoms with Gasteiger partial charge >= 0.3 is 12.1 Å². The van der Waals surface area contributed by atoms with Crippen molar-refractivity contribution in [1.82, 2.24) is 4.90 Å². The summed E-state index contributed by atoms with van der Waals surface area (Å²) in [4.78, 5) is 2.18. The first-order chi connectivity index (χ1) is 19.2. The van der Waals surface area contributed by atoms with Gasteiger partial charge in [-0.25, -0.2) is 0 Å². The molecule has 0 fully saturated rings. The van der Waals surface area contributed by atoms with Gasteiger partial charge in [-0.3, -0.25) is 4.21 Å². The fraction of sp³-hybridized carbons (Fsp3) is 0.600.